The molecule has 0 aromatic heterocycles. The summed E-state index contributed by atoms with van der Waals surface area (Å²) in [6, 6.07) is 5.16. The fourth-order valence-corrected chi connectivity index (χ4v) is 1.18. The van der Waals surface area contributed by atoms with Crippen molar-refractivity contribution >= 4 is 5.69 Å². The van der Waals surface area contributed by atoms with E-state index in [-0.39, 0.29) is 13.2 Å². The molecule has 2 rings (SSSR count). The van der Waals surface area contributed by atoms with E-state index < -0.39 is 6.10 Å². The zero-order valence-corrected chi connectivity index (χ0v) is 7.06. The van der Waals surface area contributed by atoms with Gasteiger partial charge < -0.3 is 20.3 Å². The van der Waals surface area contributed by atoms with Crippen molar-refractivity contribution in [3.05, 3.63) is 18.2 Å². The minimum Gasteiger partial charge on any atom is -0.487 e. The molecular weight excluding hydrogens is 170 g/mol. The van der Waals surface area contributed by atoms with Crippen molar-refractivity contribution in [1.29, 1.82) is 0 Å². The maximum absolute atomic E-state index is 9.25. The molecular formula is C9H11NO3. The highest BCUT2D eigenvalue weighted by Crippen LogP contribution is 2.31. The Bertz CT molecular complexity index is 314. The summed E-state index contributed by atoms with van der Waals surface area (Å²) < 4.78 is 10.6. The highest BCUT2D eigenvalue weighted by atomic mass is 16.5. The molecule has 4 nitrogen and oxygen atoms in total. The highest BCUT2D eigenvalue weighted by molar-refractivity contribution is 5.52. The van der Waals surface area contributed by atoms with Gasteiger partial charge in [0.1, 0.15) is 19.3 Å². The Morgan fingerprint density at radius 2 is 1.92 bits per heavy atom. The van der Waals surface area contributed by atoms with Crippen molar-refractivity contribution in [3.8, 4) is 11.5 Å². The van der Waals surface area contributed by atoms with Gasteiger partial charge in [0.05, 0.1) is 0 Å². The van der Waals surface area contributed by atoms with Crippen molar-refractivity contribution in [1.82, 2.24) is 0 Å². The van der Waals surface area contributed by atoms with Gasteiger partial charge in [-0.15, -0.1) is 0 Å². The number of hydrogen-bond acceptors (Lipinski definition) is 4. The fraction of sp³-hybridized carbons (Fsp3) is 0.333. The van der Waals surface area contributed by atoms with Gasteiger partial charge in [0, 0.05) is 11.8 Å². The molecule has 1 aliphatic rings. The average Bonchev–Trinajstić information content (AvgIpc) is 2.29. The second-order valence-electron chi connectivity index (χ2n) is 2.98. The number of aliphatic hydroxyl groups is 1. The molecule has 0 saturated carbocycles. The molecule has 1 atom stereocenters. The van der Waals surface area contributed by atoms with Crippen LogP contribution in [0.2, 0.25) is 0 Å². The third kappa shape index (κ3) is 1.67. The average molecular weight is 181 g/mol. The van der Waals surface area contributed by atoms with Gasteiger partial charge in [0.2, 0.25) is 0 Å². The Morgan fingerprint density at radius 3 is 2.69 bits per heavy atom. The molecule has 1 aromatic rings. The second-order valence-corrected chi connectivity index (χ2v) is 2.98. The predicted octanol–water partition coefficient (Wildman–Crippen LogP) is 0.401. The first kappa shape index (κ1) is 8.19. The minimum absolute atomic E-state index is 0.246. The summed E-state index contributed by atoms with van der Waals surface area (Å²) in [7, 11) is 0. The van der Waals surface area contributed by atoms with Gasteiger partial charge in [-0.1, -0.05) is 0 Å². The molecule has 0 unspecified atom stereocenters. The maximum atomic E-state index is 9.25. The van der Waals surface area contributed by atoms with Gasteiger partial charge in [0.25, 0.3) is 0 Å². The topological polar surface area (TPSA) is 64.7 Å². The Balaban J connectivity index is 2.30. The highest BCUT2D eigenvalue weighted by Gasteiger charge is 2.15. The number of benzene rings is 1. The third-order valence-corrected chi connectivity index (χ3v) is 1.83. The summed E-state index contributed by atoms with van der Waals surface area (Å²) in [4.78, 5) is 0. The SMILES string of the molecule is Nc1ccc2c(c1)OC[C@H](O)CO2. The van der Waals surface area contributed by atoms with E-state index in [0.29, 0.717) is 17.2 Å². The quantitative estimate of drug-likeness (QED) is 0.569. The summed E-state index contributed by atoms with van der Waals surface area (Å²) in [5.74, 6) is 1.22. The largest absolute Gasteiger partial charge is 0.487 e. The van der Waals surface area contributed by atoms with Gasteiger partial charge in [-0.2, -0.15) is 0 Å². The number of nitrogen functional groups attached to an aromatic ring is 1. The molecule has 0 bridgehead atoms. The van der Waals surface area contributed by atoms with Crippen LogP contribution in [0.5, 0.6) is 11.5 Å². The maximum Gasteiger partial charge on any atom is 0.163 e. The minimum atomic E-state index is -0.575. The number of ether oxygens (including phenoxy) is 2. The van der Waals surface area contributed by atoms with E-state index in [0.717, 1.165) is 0 Å². The lowest BCUT2D eigenvalue weighted by molar-refractivity contribution is 0.0802. The Hall–Kier alpha value is -1.42. The number of aliphatic hydroxyl groups excluding tert-OH is 1. The molecule has 0 spiro atoms. The lowest BCUT2D eigenvalue weighted by Gasteiger charge is -2.06. The van der Waals surface area contributed by atoms with Crippen LogP contribution in [-0.4, -0.2) is 24.4 Å². The molecule has 0 saturated heterocycles. The lowest BCUT2D eigenvalue weighted by Crippen LogP contribution is -2.21. The van der Waals surface area contributed by atoms with Crippen molar-refractivity contribution in [2.45, 2.75) is 6.10 Å². The van der Waals surface area contributed by atoms with Gasteiger partial charge in [-0.05, 0) is 12.1 Å². The molecule has 0 amide bonds. The summed E-state index contributed by atoms with van der Waals surface area (Å²) in [5, 5.41) is 9.25. The molecule has 1 heterocycles. The van der Waals surface area contributed by atoms with Crippen LogP contribution >= 0.6 is 0 Å². The van der Waals surface area contributed by atoms with Crippen molar-refractivity contribution in [2.24, 2.45) is 0 Å². The number of rotatable bonds is 0. The summed E-state index contributed by atoms with van der Waals surface area (Å²) in [5.41, 5.74) is 6.19. The molecule has 13 heavy (non-hydrogen) atoms. The third-order valence-electron chi connectivity index (χ3n) is 1.83. The first-order chi connectivity index (χ1) is 6.25. The summed E-state index contributed by atoms with van der Waals surface area (Å²) >= 11 is 0. The van der Waals surface area contributed by atoms with Crippen molar-refractivity contribution < 1.29 is 14.6 Å². The molecule has 0 radical (unpaired) electrons. The van der Waals surface area contributed by atoms with E-state index in [1.807, 2.05) is 0 Å². The number of nitrogens with two attached hydrogens (primary N) is 1. The van der Waals surface area contributed by atoms with Gasteiger partial charge in [0.15, 0.2) is 11.5 Å². The fourth-order valence-electron chi connectivity index (χ4n) is 1.18. The van der Waals surface area contributed by atoms with Gasteiger partial charge in [-0.25, -0.2) is 0 Å². The summed E-state index contributed by atoms with van der Waals surface area (Å²) in [6.45, 7) is 0.507. The van der Waals surface area contributed by atoms with Crippen LogP contribution in [0.1, 0.15) is 0 Å². The van der Waals surface area contributed by atoms with Crippen LogP contribution in [0.4, 0.5) is 5.69 Å². The number of hydrogen-bond donors (Lipinski definition) is 2. The van der Waals surface area contributed by atoms with Crippen LogP contribution in [0.3, 0.4) is 0 Å². The predicted molar refractivity (Wildman–Crippen MR) is 47.9 cm³/mol. The van der Waals surface area contributed by atoms with E-state index in [2.05, 4.69) is 0 Å². The Labute approximate surface area is 75.9 Å². The molecule has 1 aliphatic heterocycles. The van der Waals surface area contributed by atoms with Crippen LogP contribution < -0.4 is 15.2 Å². The zero-order chi connectivity index (χ0) is 9.26. The van der Waals surface area contributed by atoms with Crippen LogP contribution in [-0.2, 0) is 0 Å². The second kappa shape index (κ2) is 3.14. The Kier molecular flexibility index (Phi) is 1.98. The zero-order valence-electron chi connectivity index (χ0n) is 7.06. The van der Waals surface area contributed by atoms with E-state index in [1.54, 1.807) is 18.2 Å². The van der Waals surface area contributed by atoms with Crippen molar-refractivity contribution in [3.63, 3.8) is 0 Å². The molecule has 1 aromatic carbocycles. The Morgan fingerprint density at radius 1 is 1.23 bits per heavy atom. The van der Waals surface area contributed by atoms with Gasteiger partial charge in [-0.3, -0.25) is 0 Å². The normalized spacial score (nSPS) is 20.8. The molecule has 70 valence electrons. The van der Waals surface area contributed by atoms with Crippen molar-refractivity contribution in [2.75, 3.05) is 18.9 Å². The lowest BCUT2D eigenvalue weighted by atomic mass is 10.3. The molecule has 0 fully saturated rings. The number of fused-ring (bicyclic) bond motifs is 1. The standard InChI is InChI=1S/C9H11NO3/c10-6-1-2-8-9(3-6)13-5-7(11)4-12-8/h1-3,7,11H,4-5,10H2/t7-/m1/s1. The van der Waals surface area contributed by atoms with E-state index in [4.69, 9.17) is 15.2 Å². The molecule has 0 aliphatic carbocycles. The summed E-state index contributed by atoms with van der Waals surface area (Å²) in [6.07, 6.45) is -0.575. The van der Waals surface area contributed by atoms with E-state index >= 15 is 0 Å². The van der Waals surface area contributed by atoms with Crippen LogP contribution in [0.25, 0.3) is 0 Å². The monoisotopic (exact) mass is 181 g/mol. The first-order valence-corrected chi connectivity index (χ1v) is 4.09. The molecule has 3 N–H and O–H groups in total. The van der Waals surface area contributed by atoms with Gasteiger partial charge >= 0.3 is 0 Å². The van der Waals surface area contributed by atoms with Crippen LogP contribution in [0, 0.1) is 0 Å². The van der Waals surface area contributed by atoms with E-state index in [1.165, 1.54) is 0 Å². The number of anilines is 1. The van der Waals surface area contributed by atoms with E-state index in [9.17, 15) is 5.11 Å². The first-order valence-electron chi connectivity index (χ1n) is 4.09. The van der Waals surface area contributed by atoms with Crippen LogP contribution in [0.15, 0.2) is 18.2 Å². The molecule has 4 heteroatoms. The smallest absolute Gasteiger partial charge is 0.163 e.